The fraction of sp³-hybridized carbons (Fsp3) is 0.656. The molecule has 4 fully saturated rings. The first kappa shape index (κ1) is 27.7. The largest absolute Gasteiger partial charge is 0.482 e. The van der Waals surface area contributed by atoms with Gasteiger partial charge >= 0.3 is 6.09 Å². The molecule has 1 atom stereocenters. The number of carbonyl (C=O) groups excluding carboxylic acids is 1. The molecule has 4 aliphatic heterocycles. The summed E-state index contributed by atoms with van der Waals surface area (Å²) in [4.78, 5) is 29.2. The minimum absolute atomic E-state index is 0.142. The Kier molecular flexibility index (Phi) is 7.17. The van der Waals surface area contributed by atoms with Crippen molar-refractivity contribution < 1.29 is 19.0 Å². The summed E-state index contributed by atoms with van der Waals surface area (Å²) in [5.41, 5.74) is 5.09. The fourth-order valence-corrected chi connectivity index (χ4v) is 6.76. The highest BCUT2D eigenvalue weighted by Gasteiger charge is 2.40. The molecule has 0 spiro atoms. The molecule has 226 valence electrons. The number of hydrogen-bond donors (Lipinski definition) is 1. The molecule has 0 bridgehead atoms. The van der Waals surface area contributed by atoms with Gasteiger partial charge in [-0.25, -0.2) is 9.78 Å². The summed E-state index contributed by atoms with van der Waals surface area (Å²) < 4.78 is 17.9. The Bertz CT molecular complexity index is 1320. The quantitative estimate of drug-likeness (QED) is 0.528. The maximum Gasteiger partial charge on any atom is 0.410 e. The Balaban J connectivity index is 1.07. The summed E-state index contributed by atoms with van der Waals surface area (Å²) >= 11 is 0. The minimum atomic E-state index is -0.457. The summed E-state index contributed by atoms with van der Waals surface area (Å²) in [5, 5.41) is 3.70. The number of piperidine rings is 1. The summed E-state index contributed by atoms with van der Waals surface area (Å²) in [6.45, 7) is 14.6. The number of pyridine rings is 2. The van der Waals surface area contributed by atoms with Crippen LogP contribution in [-0.2, 0) is 9.47 Å². The van der Waals surface area contributed by atoms with E-state index in [1.54, 1.807) is 0 Å². The highest BCUT2D eigenvalue weighted by molar-refractivity contribution is 5.75. The predicted molar refractivity (Wildman–Crippen MR) is 161 cm³/mol. The van der Waals surface area contributed by atoms with Crippen LogP contribution in [0.5, 0.6) is 5.75 Å². The van der Waals surface area contributed by atoms with Gasteiger partial charge in [0.25, 0.3) is 0 Å². The average Bonchev–Trinajstić information content (AvgIpc) is 3.79. The normalized spacial score (nSPS) is 23.7. The molecule has 10 nitrogen and oxygen atoms in total. The number of anilines is 3. The minimum Gasteiger partial charge on any atom is -0.482 e. The second-order valence-corrected chi connectivity index (χ2v) is 13.5. The van der Waals surface area contributed by atoms with Crippen molar-refractivity contribution in [2.24, 2.45) is 0 Å². The third-order valence-electron chi connectivity index (χ3n) is 9.23. The molecule has 0 aromatic carbocycles. The SMILES string of the molecule is CC1Oc2c(cc(C3CCN(C4CN(C(=O)OC(C)(C)C)C4)CC3)nc2C2CC2)Nc2nccc(N3CCOCC3)c21. The van der Waals surface area contributed by atoms with Crippen molar-refractivity contribution in [1.29, 1.82) is 0 Å². The van der Waals surface area contributed by atoms with E-state index in [0.717, 1.165) is 99.5 Å². The van der Waals surface area contributed by atoms with E-state index in [2.05, 4.69) is 34.2 Å². The first-order chi connectivity index (χ1) is 20.2. The van der Waals surface area contributed by atoms with Crippen molar-refractivity contribution in [2.75, 3.05) is 62.7 Å². The number of amides is 1. The van der Waals surface area contributed by atoms with E-state index >= 15 is 0 Å². The van der Waals surface area contributed by atoms with E-state index in [4.69, 9.17) is 24.2 Å². The smallest absolute Gasteiger partial charge is 0.410 e. The zero-order chi connectivity index (χ0) is 29.0. The maximum atomic E-state index is 12.4. The van der Waals surface area contributed by atoms with Crippen molar-refractivity contribution in [3.8, 4) is 5.75 Å². The summed E-state index contributed by atoms with van der Waals surface area (Å²) in [7, 11) is 0. The third-order valence-corrected chi connectivity index (χ3v) is 9.23. The lowest BCUT2D eigenvalue weighted by Gasteiger charge is -2.47. The van der Waals surface area contributed by atoms with Crippen LogP contribution in [0.25, 0.3) is 0 Å². The molecule has 2 aromatic heterocycles. The van der Waals surface area contributed by atoms with E-state index in [1.165, 1.54) is 18.5 Å². The highest BCUT2D eigenvalue weighted by Crippen LogP contribution is 2.51. The van der Waals surface area contributed by atoms with Gasteiger partial charge in [0.05, 0.1) is 30.2 Å². The Hall–Kier alpha value is -3.11. The molecule has 1 N–H and O–H groups in total. The molecule has 2 aromatic rings. The summed E-state index contributed by atoms with van der Waals surface area (Å²) in [6.07, 6.45) is 6.01. The van der Waals surface area contributed by atoms with E-state index in [-0.39, 0.29) is 12.2 Å². The molecule has 3 saturated heterocycles. The second-order valence-electron chi connectivity index (χ2n) is 13.5. The van der Waals surface area contributed by atoms with Crippen LogP contribution in [0.2, 0.25) is 0 Å². The van der Waals surface area contributed by atoms with Gasteiger partial charge in [0.2, 0.25) is 0 Å². The van der Waals surface area contributed by atoms with Crippen molar-refractivity contribution in [1.82, 2.24) is 19.8 Å². The van der Waals surface area contributed by atoms with Crippen molar-refractivity contribution in [3.63, 3.8) is 0 Å². The molecule has 0 radical (unpaired) electrons. The number of fused-ring (bicyclic) bond motifs is 2. The molecule has 42 heavy (non-hydrogen) atoms. The van der Waals surface area contributed by atoms with Crippen LogP contribution < -0.4 is 15.0 Å². The Morgan fingerprint density at radius 1 is 1.05 bits per heavy atom. The fourth-order valence-electron chi connectivity index (χ4n) is 6.76. The summed E-state index contributed by atoms with van der Waals surface area (Å²) in [5.74, 6) is 2.64. The predicted octanol–water partition coefficient (Wildman–Crippen LogP) is 5.19. The van der Waals surface area contributed by atoms with E-state index in [1.807, 2.05) is 31.9 Å². The standard InChI is InChI=1S/C32H44N6O4/c1-20-27-26(37-13-15-40-16-14-37)7-10-33-30(27)35-25-17-24(34-28(22-5-6-22)29(25)41-20)21-8-11-36(12-9-21)23-18-38(19-23)31(39)42-32(2,3)4/h7,10,17,20-23H,5-6,8-9,11-16,18-19H2,1-4H3,(H,33,35). The molecule has 7 rings (SSSR count). The number of morpholine rings is 1. The van der Waals surface area contributed by atoms with Crippen LogP contribution >= 0.6 is 0 Å². The highest BCUT2D eigenvalue weighted by atomic mass is 16.6. The van der Waals surface area contributed by atoms with Crippen molar-refractivity contribution >= 4 is 23.3 Å². The van der Waals surface area contributed by atoms with E-state index in [9.17, 15) is 4.79 Å². The van der Waals surface area contributed by atoms with Crippen molar-refractivity contribution in [3.05, 3.63) is 35.3 Å². The molecule has 1 unspecified atom stereocenters. The first-order valence-electron chi connectivity index (χ1n) is 15.8. The number of carbonyl (C=O) groups is 1. The van der Waals surface area contributed by atoms with Crippen LogP contribution in [0.15, 0.2) is 18.3 Å². The number of nitrogens with zero attached hydrogens (tertiary/aromatic N) is 5. The van der Waals surface area contributed by atoms with Crippen LogP contribution in [0.1, 0.15) is 88.3 Å². The summed E-state index contributed by atoms with van der Waals surface area (Å²) in [6, 6.07) is 4.75. The molecule has 5 aliphatic rings. The van der Waals surface area contributed by atoms with Gasteiger partial charge < -0.3 is 29.3 Å². The number of likely N-dealkylation sites (tertiary alicyclic amines) is 2. The third kappa shape index (κ3) is 5.51. The lowest BCUT2D eigenvalue weighted by molar-refractivity contribution is -0.0197. The van der Waals surface area contributed by atoms with Crippen LogP contribution in [0.4, 0.5) is 22.0 Å². The average molecular weight is 577 g/mol. The van der Waals surface area contributed by atoms with Gasteiger partial charge in [-0.3, -0.25) is 9.88 Å². The topological polar surface area (TPSA) is 92.3 Å². The molecular weight excluding hydrogens is 532 g/mol. The zero-order valence-corrected chi connectivity index (χ0v) is 25.4. The van der Waals surface area contributed by atoms with Gasteiger partial charge in [-0.2, -0.15) is 0 Å². The number of nitrogens with one attached hydrogen (secondary N) is 1. The maximum absolute atomic E-state index is 12.4. The van der Waals surface area contributed by atoms with E-state index in [0.29, 0.717) is 17.9 Å². The number of hydrogen-bond acceptors (Lipinski definition) is 9. The van der Waals surface area contributed by atoms with Gasteiger partial charge in [-0.05, 0) is 78.6 Å². The van der Waals surface area contributed by atoms with Gasteiger partial charge in [0, 0.05) is 61.6 Å². The lowest BCUT2D eigenvalue weighted by atomic mass is 9.90. The molecule has 1 amide bonds. The van der Waals surface area contributed by atoms with Gasteiger partial charge in [-0.15, -0.1) is 0 Å². The van der Waals surface area contributed by atoms with Crippen LogP contribution in [-0.4, -0.2) is 90.0 Å². The Labute approximate surface area is 248 Å². The van der Waals surface area contributed by atoms with Crippen LogP contribution in [0, 0.1) is 0 Å². The number of rotatable bonds is 4. The lowest BCUT2D eigenvalue weighted by Crippen LogP contribution is -2.62. The Morgan fingerprint density at radius 2 is 1.79 bits per heavy atom. The molecule has 1 saturated carbocycles. The van der Waals surface area contributed by atoms with Gasteiger partial charge in [0.15, 0.2) is 5.75 Å². The monoisotopic (exact) mass is 576 g/mol. The van der Waals surface area contributed by atoms with Crippen molar-refractivity contribution in [2.45, 2.75) is 83.0 Å². The molecule has 1 aliphatic carbocycles. The first-order valence-corrected chi connectivity index (χ1v) is 15.8. The number of ether oxygens (including phenoxy) is 3. The van der Waals surface area contributed by atoms with Gasteiger partial charge in [0.1, 0.15) is 17.5 Å². The van der Waals surface area contributed by atoms with E-state index < -0.39 is 5.60 Å². The molecule has 6 heterocycles. The molecular formula is C32H44N6O4. The van der Waals surface area contributed by atoms with Crippen LogP contribution in [0.3, 0.4) is 0 Å². The molecule has 10 heteroatoms. The zero-order valence-electron chi connectivity index (χ0n) is 25.4. The number of aromatic nitrogens is 2. The second kappa shape index (κ2) is 10.9. The Morgan fingerprint density at radius 3 is 2.48 bits per heavy atom. The van der Waals surface area contributed by atoms with Gasteiger partial charge in [-0.1, -0.05) is 0 Å².